The van der Waals surface area contributed by atoms with Crippen LogP contribution in [0.25, 0.3) is 0 Å². The molecular weight excluding hydrogens is 428 g/mol. The van der Waals surface area contributed by atoms with Crippen molar-refractivity contribution in [2.24, 2.45) is 0 Å². The van der Waals surface area contributed by atoms with E-state index in [-0.39, 0.29) is 41.0 Å². The molecule has 0 aromatic heterocycles. The Morgan fingerprint density at radius 1 is 1.04 bits per heavy atom. The van der Waals surface area contributed by atoms with Crippen molar-refractivity contribution >= 4 is 58.6 Å². The van der Waals surface area contributed by atoms with Crippen LogP contribution in [0.15, 0.2) is 53.4 Å². The molecule has 0 heterocycles. The predicted molar refractivity (Wildman–Crippen MR) is 99.0 cm³/mol. The van der Waals surface area contributed by atoms with E-state index in [0.29, 0.717) is 0 Å². The monoisotopic (exact) mass is 441 g/mol. The van der Waals surface area contributed by atoms with Crippen LogP contribution in [0, 0.1) is 20.2 Å². The Kier molecular flexibility index (Phi) is 8.26. The predicted octanol–water partition coefficient (Wildman–Crippen LogP) is 1.35. The van der Waals surface area contributed by atoms with E-state index in [1.54, 1.807) is 4.72 Å². The molecule has 0 saturated heterocycles. The fourth-order valence-corrected chi connectivity index (χ4v) is 4.58. The molecule has 0 aliphatic heterocycles. The number of hydrogen-bond acceptors (Lipinski definition) is 8. The Bertz CT molecular complexity index is 1030. The van der Waals surface area contributed by atoms with Gasteiger partial charge in [-0.3, -0.25) is 20.2 Å². The fraction of sp³-hybridized carbons (Fsp3) is 0.0769. The van der Waals surface area contributed by atoms with Crippen LogP contribution in [0.5, 0.6) is 5.75 Å². The summed E-state index contributed by atoms with van der Waals surface area (Å²) >= 11 is 0. The number of nitro benzene ring substituents is 2. The molecule has 146 valence electrons. The molecule has 2 aromatic rings. The summed E-state index contributed by atoms with van der Waals surface area (Å²) < 4.78 is 43.0. The van der Waals surface area contributed by atoms with Gasteiger partial charge in [-0.2, -0.15) is 4.72 Å². The Morgan fingerprint density at radius 3 is 2.14 bits per heavy atom. The first kappa shape index (κ1) is 24.2. The topological polar surface area (TPSA) is 179 Å². The number of benzene rings is 2. The van der Waals surface area contributed by atoms with E-state index in [2.05, 4.69) is 0 Å². The van der Waals surface area contributed by atoms with Crippen LogP contribution in [-0.2, 0) is 14.6 Å². The number of hydrogen-bond donors (Lipinski definition) is 2. The third-order valence-corrected chi connectivity index (χ3v) is 5.82. The molecule has 0 aliphatic rings. The molecule has 0 bridgehead atoms. The van der Waals surface area contributed by atoms with E-state index in [0.717, 1.165) is 36.4 Å². The molecule has 0 saturated carbocycles. The SMILES string of the molecule is O=[N+]([O-])c1ccc(OP(=O)(O)CNS(=O)(=O)c2ccccc2[N+](=O)[O-])cc1.[NaH]. The molecule has 2 N–H and O–H groups in total. The van der Waals surface area contributed by atoms with Gasteiger partial charge in [0, 0.05) is 18.2 Å². The second-order valence-electron chi connectivity index (χ2n) is 5.01. The van der Waals surface area contributed by atoms with Crippen molar-refractivity contribution in [2.45, 2.75) is 4.90 Å². The molecule has 0 spiro atoms. The Balaban J connectivity index is 0.00000392. The summed E-state index contributed by atoms with van der Waals surface area (Å²) in [5.74, 6) is -0.198. The van der Waals surface area contributed by atoms with E-state index in [4.69, 9.17) is 4.52 Å². The van der Waals surface area contributed by atoms with Crippen molar-refractivity contribution in [3.05, 3.63) is 68.8 Å². The van der Waals surface area contributed by atoms with Gasteiger partial charge < -0.3 is 9.42 Å². The summed E-state index contributed by atoms with van der Waals surface area (Å²) in [5, 5.41) is 21.5. The van der Waals surface area contributed by atoms with Gasteiger partial charge in [0.25, 0.3) is 11.4 Å². The van der Waals surface area contributed by atoms with Gasteiger partial charge >= 0.3 is 37.2 Å². The standard InChI is InChI=1S/C13H12N3O9PS.Na.H/c17-15(18)10-5-7-11(8-6-10)25-26(21,22)9-14-27(23,24)13-4-2-1-3-12(13)16(19)20;;/h1-8,14H,9H2,(H,21,22);;. The summed E-state index contributed by atoms with van der Waals surface area (Å²) in [4.78, 5) is 29.0. The van der Waals surface area contributed by atoms with Gasteiger partial charge in [0.2, 0.25) is 10.0 Å². The Labute approximate surface area is 180 Å². The number of rotatable bonds is 8. The molecule has 12 nitrogen and oxygen atoms in total. The zero-order chi connectivity index (χ0) is 20.2. The van der Waals surface area contributed by atoms with Gasteiger partial charge in [-0.25, -0.2) is 13.0 Å². The molecular formula is C13H13N3NaO9PS. The van der Waals surface area contributed by atoms with Crippen molar-refractivity contribution < 1.29 is 32.2 Å². The van der Waals surface area contributed by atoms with Crippen LogP contribution in [0.1, 0.15) is 0 Å². The molecule has 28 heavy (non-hydrogen) atoms. The quantitative estimate of drug-likeness (QED) is 0.265. The van der Waals surface area contributed by atoms with E-state index >= 15 is 0 Å². The Morgan fingerprint density at radius 2 is 1.61 bits per heavy atom. The van der Waals surface area contributed by atoms with Crippen molar-refractivity contribution in [2.75, 3.05) is 6.29 Å². The number of nitro groups is 2. The summed E-state index contributed by atoms with van der Waals surface area (Å²) in [6, 6.07) is 8.68. The normalized spacial score (nSPS) is 13.0. The number of non-ortho nitro benzene ring substituents is 1. The van der Waals surface area contributed by atoms with Gasteiger partial charge in [0.15, 0.2) is 4.90 Å². The van der Waals surface area contributed by atoms with E-state index in [1.807, 2.05) is 0 Å². The van der Waals surface area contributed by atoms with E-state index in [9.17, 15) is 38.1 Å². The maximum atomic E-state index is 12.2. The number of nitrogens with one attached hydrogen (secondary N) is 1. The second-order valence-corrected chi connectivity index (χ2v) is 8.52. The summed E-state index contributed by atoms with van der Waals surface area (Å²) in [6.07, 6.45) is -1.07. The molecule has 15 heteroatoms. The molecule has 1 atom stereocenters. The van der Waals surface area contributed by atoms with Crippen LogP contribution in [-0.4, -0.2) is 59.0 Å². The number of sulfonamides is 1. The van der Waals surface area contributed by atoms with Crippen molar-refractivity contribution in [3.8, 4) is 5.75 Å². The average molecular weight is 441 g/mol. The van der Waals surface area contributed by atoms with E-state index in [1.165, 1.54) is 12.1 Å². The van der Waals surface area contributed by atoms with E-state index < -0.39 is 44.3 Å². The zero-order valence-electron chi connectivity index (χ0n) is 13.3. The van der Waals surface area contributed by atoms with Crippen molar-refractivity contribution in [1.82, 2.24) is 4.72 Å². The number of nitrogens with zero attached hydrogens (tertiary/aromatic N) is 2. The van der Waals surface area contributed by atoms with Crippen LogP contribution < -0.4 is 9.25 Å². The van der Waals surface area contributed by atoms with Gasteiger partial charge in [-0.05, 0) is 18.2 Å². The summed E-state index contributed by atoms with van der Waals surface area (Å²) in [7, 11) is -9.01. The maximum absolute atomic E-state index is 12.2. The molecule has 1 unspecified atom stereocenters. The first-order valence-corrected chi connectivity index (χ1v) is 10.3. The van der Waals surface area contributed by atoms with Gasteiger partial charge in [0.1, 0.15) is 12.0 Å². The molecule has 0 radical (unpaired) electrons. The van der Waals surface area contributed by atoms with Crippen LogP contribution in [0.4, 0.5) is 11.4 Å². The Hall–Kier alpha value is -1.86. The summed E-state index contributed by atoms with van der Waals surface area (Å²) in [6.45, 7) is 0. The first-order chi connectivity index (χ1) is 12.5. The van der Waals surface area contributed by atoms with Crippen LogP contribution in [0.2, 0.25) is 0 Å². The molecule has 0 amide bonds. The number of para-hydroxylation sites is 1. The van der Waals surface area contributed by atoms with Gasteiger partial charge in [-0.15, -0.1) is 0 Å². The van der Waals surface area contributed by atoms with Gasteiger partial charge in [-0.1, -0.05) is 12.1 Å². The van der Waals surface area contributed by atoms with Gasteiger partial charge in [0.05, 0.1) is 9.85 Å². The minimum atomic E-state index is -4.54. The molecule has 2 aromatic carbocycles. The zero-order valence-corrected chi connectivity index (χ0v) is 15.0. The average Bonchev–Trinajstić information content (AvgIpc) is 2.60. The van der Waals surface area contributed by atoms with Crippen molar-refractivity contribution in [1.29, 1.82) is 0 Å². The third kappa shape index (κ3) is 6.34. The van der Waals surface area contributed by atoms with Crippen molar-refractivity contribution in [3.63, 3.8) is 0 Å². The molecule has 2 rings (SSSR count). The summed E-state index contributed by atoms with van der Waals surface area (Å²) in [5.41, 5.74) is -0.971. The first-order valence-electron chi connectivity index (χ1n) is 7.01. The fourth-order valence-electron chi connectivity index (χ4n) is 1.91. The third-order valence-electron chi connectivity index (χ3n) is 3.10. The minimum absolute atomic E-state index is 0. The van der Waals surface area contributed by atoms with Crippen LogP contribution in [0.3, 0.4) is 0 Å². The molecule has 0 fully saturated rings. The molecule has 0 aliphatic carbocycles. The second kappa shape index (κ2) is 9.56. The van der Waals surface area contributed by atoms with Crippen LogP contribution >= 0.6 is 7.60 Å².